The van der Waals surface area contributed by atoms with Gasteiger partial charge >= 0.3 is 0 Å². The fourth-order valence-electron chi connectivity index (χ4n) is 11.4. The number of anilines is 6. The summed E-state index contributed by atoms with van der Waals surface area (Å²) in [6, 6.07) is 95.5. The maximum Gasteiger partial charge on any atom is 0.161 e. The highest BCUT2D eigenvalue weighted by Gasteiger charge is 2.51. The molecule has 0 atom stereocenters. The van der Waals surface area contributed by atoms with Gasteiger partial charge < -0.3 is 19.0 Å². The third-order valence-corrected chi connectivity index (χ3v) is 14.5. The Labute approximate surface area is 412 Å². The molecule has 4 nitrogen and oxygen atoms in total. The van der Waals surface area contributed by atoms with Gasteiger partial charge in [0.1, 0.15) is 17.1 Å². The molecule has 11 aromatic carbocycles. The van der Waals surface area contributed by atoms with E-state index in [0.717, 1.165) is 89.8 Å². The van der Waals surface area contributed by atoms with Gasteiger partial charge in [0.25, 0.3) is 0 Å². The normalized spacial score (nSPS) is 12.7. The molecule has 0 saturated carbocycles. The van der Waals surface area contributed by atoms with Gasteiger partial charge in [-0.05, 0) is 123 Å². The molecule has 1 spiro atoms. The van der Waals surface area contributed by atoms with Crippen molar-refractivity contribution in [2.75, 3.05) is 9.80 Å². The van der Waals surface area contributed by atoms with E-state index < -0.39 is 5.41 Å². The Kier molecular flexibility index (Phi) is 9.39. The first kappa shape index (κ1) is 40.7. The van der Waals surface area contributed by atoms with E-state index in [9.17, 15) is 0 Å². The van der Waals surface area contributed by atoms with E-state index in [1.165, 1.54) is 33.4 Å². The van der Waals surface area contributed by atoms with Crippen LogP contribution in [0, 0.1) is 0 Å². The van der Waals surface area contributed by atoms with Crippen molar-refractivity contribution >= 4 is 56.1 Å². The lowest BCUT2D eigenvalue weighted by molar-refractivity contribution is 0.436. The Morgan fingerprint density at radius 1 is 0.310 bits per heavy atom. The lowest BCUT2D eigenvalue weighted by atomic mass is 9.66. The van der Waals surface area contributed by atoms with E-state index in [2.05, 4.69) is 277 Å². The molecule has 0 saturated heterocycles. The van der Waals surface area contributed by atoms with Crippen LogP contribution in [0.2, 0.25) is 0 Å². The number of nitrogens with zero attached hydrogens (tertiary/aromatic N) is 2. The smallest absolute Gasteiger partial charge is 0.161 e. The Morgan fingerprint density at radius 3 is 1.39 bits per heavy atom. The van der Waals surface area contributed by atoms with Crippen LogP contribution in [0.25, 0.3) is 55.3 Å². The lowest BCUT2D eigenvalue weighted by Crippen LogP contribution is -2.32. The number of hydrogen-bond donors (Lipinski definition) is 0. The quantitative estimate of drug-likeness (QED) is 0.152. The summed E-state index contributed by atoms with van der Waals surface area (Å²) in [6.45, 7) is 0. The third kappa shape index (κ3) is 6.39. The molecule has 0 unspecified atom stereocenters. The van der Waals surface area contributed by atoms with Gasteiger partial charge in [-0.3, -0.25) is 0 Å². The molecule has 0 fully saturated rings. The van der Waals surface area contributed by atoms with E-state index in [1.807, 2.05) is 0 Å². The van der Waals surface area contributed by atoms with E-state index in [1.54, 1.807) is 0 Å². The van der Waals surface area contributed by atoms with Crippen molar-refractivity contribution in [2.24, 2.45) is 0 Å². The number of rotatable bonds is 8. The van der Waals surface area contributed by atoms with Crippen LogP contribution in [0.4, 0.5) is 34.1 Å². The highest BCUT2D eigenvalue weighted by Crippen LogP contribution is 2.63. The van der Waals surface area contributed by atoms with Crippen LogP contribution in [0.3, 0.4) is 0 Å². The molecular weight excluding hydrogens is 865 g/mol. The van der Waals surface area contributed by atoms with Crippen LogP contribution < -0.4 is 14.5 Å². The zero-order chi connectivity index (χ0) is 46.9. The van der Waals surface area contributed by atoms with Gasteiger partial charge in [0.15, 0.2) is 5.58 Å². The number of furan rings is 1. The maximum atomic E-state index is 7.15. The van der Waals surface area contributed by atoms with Crippen molar-refractivity contribution in [1.29, 1.82) is 0 Å². The van der Waals surface area contributed by atoms with Crippen molar-refractivity contribution in [3.63, 3.8) is 0 Å². The van der Waals surface area contributed by atoms with Gasteiger partial charge in [-0.1, -0.05) is 188 Å². The predicted octanol–water partition coefficient (Wildman–Crippen LogP) is 18.3. The average molecular weight is 909 g/mol. The molecule has 71 heavy (non-hydrogen) atoms. The zero-order valence-corrected chi connectivity index (χ0v) is 38.6. The summed E-state index contributed by atoms with van der Waals surface area (Å²) in [4.78, 5) is 4.72. The summed E-state index contributed by atoms with van der Waals surface area (Å²) < 4.78 is 14.1. The fraction of sp³-hybridized carbons (Fsp3) is 0.0149. The topological polar surface area (TPSA) is 28.9 Å². The maximum absolute atomic E-state index is 7.15. The number of benzene rings is 11. The molecule has 4 heteroatoms. The molecule has 2 heterocycles. The van der Waals surface area contributed by atoms with Crippen molar-refractivity contribution in [2.45, 2.75) is 5.41 Å². The molecule has 1 aliphatic heterocycles. The molecule has 0 amide bonds. The third-order valence-electron chi connectivity index (χ3n) is 14.5. The van der Waals surface area contributed by atoms with Crippen molar-refractivity contribution in [3.8, 4) is 44.9 Å². The minimum Gasteiger partial charge on any atom is -0.457 e. The summed E-state index contributed by atoms with van der Waals surface area (Å²) in [6.07, 6.45) is 0. The first-order valence-corrected chi connectivity index (χ1v) is 24.2. The average Bonchev–Trinajstić information content (AvgIpc) is 3.98. The molecule has 0 radical (unpaired) electrons. The lowest BCUT2D eigenvalue weighted by Gasteiger charge is -2.40. The minimum absolute atomic E-state index is 0.621. The van der Waals surface area contributed by atoms with Crippen LogP contribution in [0.1, 0.15) is 22.3 Å². The van der Waals surface area contributed by atoms with Gasteiger partial charge in [-0.2, -0.15) is 0 Å². The summed E-state index contributed by atoms with van der Waals surface area (Å²) in [7, 11) is 0. The second-order valence-electron chi connectivity index (χ2n) is 18.4. The van der Waals surface area contributed by atoms with Crippen LogP contribution in [-0.2, 0) is 5.41 Å². The molecule has 334 valence electrons. The minimum atomic E-state index is -0.621. The number of ether oxygens (including phenoxy) is 1. The molecule has 14 rings (SSSR count). The van der Waals surface area contributed by atoms with E-state index >= 15 is 0 Å². The standard InChI is InChI=1S/C67H44N2O2/c1-4-18-45(19-5-1)47-32-36-50(37-33-47)68(51-38-34-48(35-39-51)46-20-6-2-7-21-46)61-42-41-60(65-55-26-12-16-30-62(55)71-66(61)65)69(49-22-8-3-9-23-49)52-40-43-64-59(44-52)67(58-29-15-17-31-63(58)70-64)56-27-13-10-24-53(56)54-25-11-14-28-57(54)67/h1-44H. The van der Waals surface area contributed by atoms with E-state index in [0.29, 0.717) is 0 Å². The monoisotopic (exact) mass is 908 g/mol. The molecule has 0 N–H and O–H groups in total. The van der Waals surface area contributed by atoms with Crippen LogP contribution in [-0.4, -0.2) is 0 Å². The Balaban J connectivity index is 0.996. The van der Waals surface area contributed by atoms with Crippen LogP contribution in [0.5, 0.6) is 11.5 Å². The van der Waals surface area contributed by atoms with Crippen LogP contribution in [0.15, 0.2) is 271 Å². The van der Waals surface area contributed by atoms with Gasteiger partial charge in [-0.15, -0.1) is 0 Å². The molecule has 12 aromatic rings. The molecule has 2 aliphatic rings. The first-order valence-electron chi connectivity index (χ1n) is 24.2. The number of fused-ring (bicyclic) bond motifs is 12. The fourth-order valence-corrected chi connectivity index (χ4v) is 11.4. The van der Waals surface area contributed by atoms with Gasteiger partial charge in [-0.25, -0.2) is 0 Å². The summed E-state index contributed by atoms with van der Waals surface area (Å²) in [5.74, 6) is 1.71. The summed E-state index contributed by atoms with van der Waals surface area (Å²) in [5.41, 5.74) is 18.9. The molecule has 1 aromatic heterocycles. The summed E-state index contributed by atoms with van der Waals surface area (Å²) >= 11 is 0. The van der Waals surface area contributed by atoms with Crippen molar-refractivity contribution < 1.29 is 9.15 Å². The largest absolute Gasteiger partial charge is 0.457 e. The van der Waals surface area contributed by atoms with Crippen molar-refractivity contribution in [3.05, 3.63) is 289 Å². The second-order valence-corrected chi connectivity index (χ2v) is 18.4. The second kappa shape index (κ2) is 16.4. The first-order chi connectivity index (χ1) is 35.2. The summed E-state index contributed by atoms with van der Waals surface area (Å²) in [5, 5.41) is 2.05. The Bertz CT molecular complexity index is 3830. The molecule has 1 aliphatic carbocycles. The molecular formula is C67H44N2O2. The predicted molar refractivity (Wildman–Crippen MR) is 291 cm³/mol. The van der Waals surface area contributed by atoms with Gasteiger partial charge in [0.2, 0.25) is 0 Å². The Morgan fingerprint density at radius 2 is 0.761 bits per heavy atom. The highest BCUT2D eigenvalue weighted by molar-refractivity contribution is 6.17. The number of para-hydroxylation sites is 3. The van der Waals surface area contributed by atoms with Crippen LogP contribution >= 0.6 is 0 Å². The SMILES string of the molecule is c1ccc(-c2ccc(N(c3ccc(-c4ccccc4)cc3)c3ccc(N(c4ccccc4)c4ccc5c(c4)C4(c6ccccc6O5)c5ccccc5-c5ccccc54)c4c3oc3ccccc34)cc2)cc1. The number of hydrogen-bond acceptors (Lipinski definition) is 4. The van der Waals surface area contributed by atoms with E-state index in [-0.39, 0.29) is 0 Å². The van der Waals surface area contributed by atoms with E-state index in [4.69, 9.17) is 9.15 Å². The zero-order valence-electron chi connectivity index (χ0n) is 38.6. The van der Waals surface area contributed by atoms with Gasteiger partial charge in [0, 0.05) is 39.3 Å². The highest BCUT2D eigenvalue weighted by atomic mass is 16.5. The molecule has 0 bridgehead atoms. The van der Waals surface area contributed by atoms with Crippen molar-refractivity contribution in [1.82, 2.24) is 0 Å². The Hall–Kier alpha value is -9.38. The van der Waals surface area contributed by atoms with Gasteiger partial charge in [0.05, 0.1) is 22.2 Å².